The molecule has 0 fully saturated rings. The molecule has 0 unspecified atom stereocenters. The van der Waals surface area contributed by atoms with Crippen molar-refractivity contribution in [3.05, 3.63) is 82.9 Å². The summed E-state index contributed by atoms with van der Waals surface area (Å²) in [5.74, 6) is 0. The van der Waals surface area contributed by atoms with Crippen molar-refractivity contribution < 1.29 is 0 Å². The molecular formula is C20H15ClN2. The summed E-state index contributed by atoms with van der Waals surface area (Å²) < 4.78 is 0. The summed E-state index contributed by atoms with van der Waals surface area (Å²) in [6.45, 7) is 0.494. The first kappa shape index (κ1) is 15.3. The quantitative estimate of drug-likeness (QED) is 0.738. The largest absolute Gasteiger partial charge is 0.326 e. The average molecular weight is 319 g/mol. The topological polar surface area (TPSA) is 49.8 Å². The number of halogens is 1. The molecular weight excluding hydrogens is 304 g/mol. The summed E-state index contributed by atoms with van der Waals surface area (Å²) in [6, 6.07) is 23.7. The lowest BCUT2D eigenvalue weighted by Crippen LogP contribution is -1.97. The molecule has 0 saturated heterocycles. The second-order valence-corrected chi connectivity index (χ2v) is 5.72. The molecule has 0 radical (unpaired) electrons. The minimum atomic E-state index is 0.494. The van der Waals surface area contributed by atoms with Crippen molar-refractivity contribution >= 4 is 11.6 Å². The highest BCUT2D eigenvalue weighted by atomic mass is 35.5. The van der Waals surface area contributed by atoms with Crippen LogP contribution in [0, 0.1) is 11.3 Å². The van der Waals surface area contributed by atoms with Crippen molar-refractivity contribution in [1.82, 2.24) is 0 Å². The Kier molecular flexibility index (Phi) is 4.43. The zero-order valence-corrected chi connectivity index (χ0v) is 13.2. The van der Waals surface area contributed by atoms with E-state index in [1.165, 1.54) is 0 Å². The monoisotopic (exact) mass is 318 g/mol. The molecule has 0 saturated carbocycles. The van der Waals surface area contributed by atoms with Crippen LogP contribution in [0.5, 0.6) is 0 Å². The third kappa shape index (κ3) is 3.27. The molecule has 0 heterocycles. The molecule has 0 amide bonds. The lowest BCUT2D eigenvalue weighted by molar-refractivity contribution is 1.07. The van der Waals surface area contributed by atoms with E-state index >= 15 is 0 Å². The fourth-order valence-corrected chi connectivity index (χ4v) is 2.69. The first-order chi connectivity index (χ1) is 11.2. The molecule has 112 valence electrons. The van der Waals surface area contributed by atoms with Crippen LogP contribution in [0.4, 0.5) is 0 Å². The predicted octanol–water partition coefficient (Wildman–Crippen LogP) is 5.00. The van der Waals surface area contributed by atoms with Crippen LogP contribution < -0.4 is 5.73 Å². The zero-order chi connectivity index (χ0) is 16.2. The van der Waals surface area contributed by atoms with Gasteiger partial charge < -0.3 is 5.73 Å². The normalized spacial score (nSPS) is 10.3. The Morgan fingerprint density at radius 3 is 2.04 bits per heavy atom. The fourth-order valence-electron chi connectivity index (χ4n) is 2.56. The van der Waals surface area contributed by atoms with E-state index in [1.54, 1.807) is 0 Å². The molecule has 2 N–H and O–H groups in total. The second-order valence-electron chi connectivity index (χ2n) is 5.28. The summed E-state index contributed by atoms with van der Waals surface area (Å²) in [5.41, 5.74) is 11.9. The van der Waals surface area contributed by atoms with Crippen LogP contribution in [0.1, 0.15) is 11.1 Å². The summed E-state index contributed by atoms with van der Waals surface area (Å²) >= 11 is 6.00. The summed E-state index contributed by atoms with van der Waals surface area (Å²) in [6.07, 6.45) is 0. The maximum Gasteiger partial charge on any atom is 0.0991 e. The van der Waals surface area contributed by atoms with Crippen LogP contribution in [-0.2, 0) is 6.54 Å². The molecule has 0 spiro atoms. The van der Waals surface area contributed by atoms with Gasteiger partial charge in [0.1, 0.15) is 0 Å². The zero-order valence-electron chi connectivity index (χ0n) is 12.5. The molecule has 2 nitrogen and oxygen atoms in total. The molecule has 3 aromatic carbocycles. The smallest absolute Gasteiger partial charge is 0.0991 e. The molecule has 3 aromatic rings. The van der Waals surface area contributed by atoms with E-state index in [2.05, 4.69) is 18.2 Å². The Hall–Kier alpha value is -2.60. The van der Waals surface area contributed by atoms with Gasteiger partial charge in [0.15, 0.2) is 0 Å². The summed E-state index contributed by atoms with van der Waals surface area (Å²) in [4.78, 5) is 0. The highest BCUT2D eigenvalue weighted by Gasteiger charge is 2.09. The minimum absolute atomic E-state index is 0.494. The Morgan fingerprint density at radius 2 is 1.43 bits per heavy atom. The Bertz CT molecular complexity index is 860. The maximum atomic E-state index is 8.95. The number of benzene rings is 3. The van der Waals surface area contributed by atoms with Crippen molar-refractivity contribution in [1.29, 1.82) is 5.26 Å². The van der Waals surface area contributed by atoms with E-state index in [9.17, 15) is 0 Å². The van der Waals surface area contributed by atoms with E-state index in [4.69, 9.17) is 22.6 Å². The SMILES string of the molecule is N#Cc1ccc(-c2ccc(CN)cc2-c2ccc(Cl)cc2)cc1. The molecule has 0 aliphatic rings. The van der Waals surface area contributed by atoms with Gasteiger partial charge in [0.05, 0.1) is 11.6 Å². The third-order valence-corrected chi connectivity index (χ3v) is 4.05. The number of hydrogen-bond acceptors (Lipinski definition) is 2. The molecule has 23 heavy (non-hydrogen) atoms. The van der Waals surface area contributed by atoms with Crippen LogP contribution in [0.3, 0.4) is 0 Å². The fraction of sp³-hybridized carbons (Fsp3) is 0.0500. The molecule has 3 rings (SSSR count). The van der Waals surface area contributed by atoms with Gasteiger partial charge in [0.25, 0.3) is 0 Å². The Labute approximate surface area is 140 Å². The highest BCUT2D eigenvalue weighted by Crippen LogP contribution is 2.33. The number of nitriles is 1. The van der Waals surface area contributed by atoms with Crippen LogP contribution in [0.2, 0.25) is 5.02 Å². The number of rotatable bonds is 3. The third-order valence-electron chi connectivity index (χ3n) is 3.80. The molecule has 0 atom stereocenters. The van der Waals surface area contributed by atoms with Crippen LogP contribution >= 0.6 is 11.6 Å². The van der Waals surface area contributed by atoms with Gasteiger partial charge in [-0.25, -0.2) is 0 Å². The van der Waals surface area contributed by atoms with Crippen LogP contribution in [-0.4, -0.2) is 0 Å². The van der Waals surface area contributed by atoms with Crippen molar-refractivity contribution in [2.24, 2.45) is 5.73 Å². The van der Waals surface area contributed by atoms with Gasteiger partial charge in [-0.1, -0.05) is 48.0 Å². The van der Waals surface area contributed by atoms with Gasteiger partial charge in [-0.3, -0.25) is 0 Å². The van der Waals surface area contributed by atoms with Gasteiger partial charge >= 0.3 is 0 Å². The van der Waals surface area contributed by atoms with Crippen molar-refractivity contribution in [2.45, 2.75) is 6.54 Å². The lowest BCUT2D eigenvalue weighted by Gasteiger charge is -2.12. The van der Waals surface area contributed by atoms with Gasteiger partial charge in [0.2, 0.25) is 0 Å². The predicted molar refractivity (Wildman–Crippen MR) is 94.9 cm³/mol. The molecule has 0 bridgehead atoms. The average Bonchev–Trinajstić information content (AvgIpc) is 2.62. The number of nitrogens with two attached hydrogens (primary N) is 1. The van der Waals surface area contributed by atoms with Gasteiger partial charge in [-0.2, -0.15) is 5.26 Å². The Morgan fingerprint density at radius 1 is 0.826 bits per heavy atom. The molecule has 0 aliphatic carbocycles. The van der Waals surface area contributed by atoms with Gasteiger partial charge in [-0.05, 0) is 58.1 Å². The maximum absolute atomic E-state index is 8.95. The van der Waals surface area contributed by atoms with E-state index in [0.29, 0.717) is 17.1 Å². The van der Waals surface area contributed by atoms with E-state index < -0.39 is 0 Å². The van der Waals surface area contributed by atoms with Crippen molar-refractivity contribution in [3.8, 4) is 28.3 Å². The first-order valence-corrected chi connectivity index (χ1v) is 7.68. The second kappa shape index (κ2) is 6.66. The first-order valence-electron chi connectivity index (χ1n) is 7.31. The van der Waals surface area contributed by atoms with Crippen LogP contribution in [0.15, 0.2) is 66.7 Å². The molecule has 0 aliphatic heterocycles. The van der Waals surface area contributed by atoms with E-state index in [0.717, 1.165) is 27.8 Å². The van der Waals surface area contributed by atoms with E-state index in [-0.39, 0.29) is 0 Å². The van der Waals surface area contributed by atoms with Crippen LogP contribution in [0.25, 0.3) is 22.3 Å². The number of nitrogens with zero attached hydrogens (tertiary/aromatic N) is 1. The van der Waals surface area contributed by atoms with Gasteiger partial charge in [0, 0.05) is 11.6 Å². The minimum Gasteiger partial charge on any atom is -0.326 e. The lowest BCUT2D eigenvalue weighted by atomic mass is 9.92. The Balaban J connectivity index is 2.15. The number of hydrogen-bond donors (Lipinski definition) is 1. The summed E-state index contributed by atoms with van der Waals surface area (Å²) in [7, 11) is 0. The van der Waals surface area contributed by atoms with Crippen molar-refractivity contribution in [2.75, 3.05) is 0 Å². The highest BCUT2D eigenvalue weighted by molar-refractivity contribution is 6.30. The standard InChI is InChI=1S/C20H15ClN2/c21-18-8-6-17(7-9-18)20-11-15(13-23)3-10-19(20)16-4-1-14(12-22)2-5-16/h1-11H,13,23H2. The van der Waals surface area contributed by atoms with E-state index in [1.807, 2.05) is 54.6 Å². The van der Waals surface area contributed by atoms with Gasteiger partial charge in [-0.15, -0.1) is 0 Å². The molecule has 0 aromatic heterocycles. The van der Waals surface area contributed by atoms with Crippen molar-refractivity contribution in [3.63, 3.8) is 0 Å². The molecule has 3 heteroatoms. The summed E-state index contributed by atoms with van der Waals surface area (Å²) in [5, 5.41) is 9.66.